The van der Waals surface area contributed by atoms with Gasteiger partial charge < -0.3 is 10.5 Å². The van der Waals surface area contributed by atoms with Crippen molar-refractivity contribution in [1.29, 1.82) is 0 Å². The van der Waals surface area contributed by atoms with Gasteiger partial charge in [0.1, 0.15) is 0 Å². The maximum atomic E-state index is 10.7. The van der Waals surface area contributed by atoms with E-state index in [1.165, 1.54) is 6.20 Å². The summed E-state index contributed by atoms with van der Waals surface area (Å²) in [5.41, 5.74) is 6.31. The van der Waals surface area contributed by atoms with Gasteiger partial charge in [0, 0.05) is 19.5 Å². The second-order valence-electron chi connectivity index (χ2n) is 2.38. The molecule has 0 saturated carbocycles. The fraction of sp³-hybridized carbons (Fsp3) is 0.250. The summed E-state index contributed by atoms with van der Waals surface area (Å²) < 4.78 is 4.87. The van der Waals surface area contributed by atoms with Crippen molar-refractivity contribution >= 4 is 5.91 Å². The number of amides is 1. The van der Waals surface area contributed by atoms with Crippen LogP contribution in [0.2, 0.25) is 0 Å². The Morgan fingerprint density at radius 3 is 3.00 bits per heavy atom. The number of rotatable bonds is 3. The Morgan fingerprint density at radius 1 is 1.67 bits per heavy atom. The zero-order valence-electron chi connectivity index (χ0n) is 6.78. The zero-order chi connectivity index (χ0) is 8.97. The van der Waals surface area contributed by atoms with Crippen molar-refractivity contribution < 1.29 is 9.53 Å². The molecule has 0 radical (unpaired) electrons. The Bertz CT molecular complexity index is 286. The normalized spacial score (nSPS) is 9.75. The first-order valence-corrected chi connectivity index (χ1v) is 3.46. The summed E-state index contributed by atoms with van der Waals surface area (Å²) in [5.74, 6) is -0.472. The maximum Gasteiger partial charge on any atom is 0.250 e. The molecule has 4 nitrogen and oxygen atoms in total. The monoisotopic (exact) mass is 166 g/mol. The van der Waals surface area contributed by atoms with Crippen molar-refractivity contribution in [2.45, 2.75) is 6.61 Å². The summed E-state index contributed by atoms with van der Waals surface area (Å²) in [7, 11) is 1.58. The molecule has 1 amide bonds. The predicted octanol–water partition coefficient (Wildman–Crippen LogP) is 0.327. The highest BCUT2D eigenvalue weighted by Crippen LogP contribution is 2.02. The van der Waals surface area contributed by atoms with Crippen LogP contribution in [0.1, 0.15) is 15.9 Å². The van der Waals surface area contributed by atoms with Gasteiger partial charge >= 0.3 is 0 Å². The average Bonchev–Trinajstić information content (AvgIpc) is 2.05. The molecule has 0 aliphatic heterocycles. The third-order valence-corrected chi connectivity index (χ3v) is 1.39. The number of carbonyl (C=O) groups excluding carboxylic acids is 1. The van der Waals surface area contributed by atoms with E-state index in [0.717, 1.165) is 5.56 Å². The number of pyridine rings is 1. The molecule has 2 N–H and O–H groups in total. The Hall–Kier alpha value is -1.42. The molecule has 1 aromatic rings. The molecule has 4 heteroatoms. The quantitative estimate of drug-likeness (QED) is 0.703. The maximum absolute atomic E-state index is 10.7. The van der Waals surface area contributed by atoms with Gasteiger partial charge in [-0.1, -0.05) is 0 Å². The van der Waals surface area contributed by atoms with E-state index in [0.29, 0.717) is 12.2 Å². The van der Waals surface area contributed by atoms with Crippen molar-refractivity contribution in [3.63, 3.8) is 0 Å². The molecular weight excluding hydrogens is 156 g/mol. The molecule has 0 unspecified atom stereocenters. The fourth-order valence-electron chi connectivity index (χ4n) is 0.868. The first-order valence-electron chi connectivity index (χ1n) is 3.46. The minimum Gasteiger partial charge on any atom is -0.380 e. The molecule has 1 aromatic heterocycles. The summed E-state index contributed by atoms with van der Waals surface area (Å²) in [6.45, 7) is 0.439. The molecule has 0 bridgehead atoms. The molecular formula is C8H10N2O2. The third-order valence-electron chi connectivity index (χ3n) is 1.39. The minimum atomic E-state index is -0.472. The number of methoxy groups -OCH3 is 1. The Morgan fingerprint density at radius 2 is 2.42 bits per heavy atom. The van der Waals surface area contributed by atoms with Gasteiger partial charge in [-0.05, 0) is 11.6 Å². The van der Waals surface area contributed by atoms with Gasteiger partial charge in [0.05, 0.1) is 12.2 Å². The topological polar surface area (TPSA) is 65.2 Å². The SMILES string of the molecule is COCc1cncc(C(N)=O)c1. The summed E-state index contributed by atoms with van der Waals surface area (Å²) in [6, 6.07) is 1.67. The van der Waals surface area contributed by atoms with Gasteiger partial charge in [-0.2, -0.15) is 0 Å². The first-order chi connectivity index (χ1) is 5.74. The second kappa shape index (κ2) is 3.82. The van der Waals surface area contributed by atoms with E-state index in [4.69, 9.17) is 10.5 Å². The van der Waals surface area contributed by atoms with Crippen LogP contribution >= 0.6 is 0 Å². The molecule has 1 rings (SSSR count). The van der Waals surface area contributed by atoms with E-state index in [1.54, 1.807) is 19.4 Å². The Balaban J connectivity index is 2.88. The number of nitrogens with two attached hydrogens (primary N) is 1. The van der Waals surface area contributed by atoms with E-state index in [1.807, 2.05) is 0 Å². The van der Waals surface area contributed by atoms with Crippen LogP contribution in [0.5, 0.6) is 0 Å². The van der Waals surface area contributed by atoms with Gasteiger partial charge in [-0.3, -0.25) is 9.78 Å². The van der Waals surface area contributed by atoms with Crippen molar-refractivity contribution in [3.05, 3.63) is 29.6 Å². The molecule has 0 fully saturated rings. The molecule has 12 heavy (non-hydrogen) atoms. The lowest BCUT2D eigenvalue weighted by atomic mass is 10.2. The lowest BCUT2D eigenvalue weighted by Crippen LogP contribution is -2.11. The number of carbonyl (C=O) groups is 1. The van der Waals surface area contributed by atoms with E-state index in [-0.39, 0.29) is 0 Å². The molecule has 0 aliphatic carbocycles. The van der Waals surface area contributed by atoms with Crippen molar-refractivity contribution in [2.75, 3.05) is 7.11 Å². The average molecular weight is 166 g/mol. The predicted molar refractivity (Wildman–Crippen MR) is 43.5 cm³/mol. The lowest BCUT2D eigenvalue weighted by Gasteiger charge is -1.99. The van der Waals surface area contributed by atoms with Gasteiger partial charge in [-0.15, -0.1) is 0 Å². The standard InChI is InChI=1S/C8H10N2O2/c1-12-5-6-2-7(8(9)11)4-10-3-6/h2-4H,5H2,1H3,(H2,9,11). The Labute approximate surface area is 70.4 Å². The van der Waals surface area contributed by atoms with Crippen LogP contribution < -0.4 is 5.73 Å². The van der Waals surface area contributed by atoms with Crippen LogP contribution in [0.15, 0.2) is 18.5 Å². The lowest BCUT2D eigenvalue weighted by molar-refractivity contribution is 0.0999. The van der Waals surface area contributed by atoms with E-state index >= 15 is 0 Å². The van der Waals surface area contributed by atoms with Gasteiger partial charge in [0.2, 0.25) is 5.91 Å². The summed E-state index contributed by atoms with van der Waals surface area (Å²) in [6.07, 6.45) is 3.07. The van der Waals surface area contributed by atoms with E-state index in [9.17, 15) is 4.79 Å². The molecule has 0 spiro atoms. The van der Waals surface area contributed by atoms with Crippen LogP contribution in [0.25, 0.3) is 0 Å². The van der Waals surface area contributed by atoms with Crippen LogP contribution in [0, 0.1) is 0 Å². The first kappa shape index (κ1) is 8.67. The molecule has 0 aliphatic rings. The Kier molecular flexibility index (Phi) is 2.76. The molecule has 0 saturated heterocycles. The van der Waals surface area contributed by atoms with Crippen molar-refractivity contribution in [3.8, 4) is 0 Å². The molecule has 0 aromatic carbocycles. The number of hydrogen-bond donors (Lipinski definition) is 1. The number of ether oxygens (including phenoxy) is 1. The highest BCUT2D eigenvalue weighted by molar-refractivity contribution is 5.92. The molecule has 64 valence electrons. The summed E-state index contributed by atoms with van der Waals surface area (Å²) in [4.78, 5) is 14.5. The minimum absolute atomic E-state index is 0.407. The summed E-state index contributed by atoms with van der Waals surface area (Å²) >= 11 is 0. The van der Waals surface area contributed by atoms with Crippen molar-refractivity contribution in [1.82, 2.24) is 4.98 Å². The van der Waals surface area contributed by atoms with E-state index < -0.39 is 5.91 Å². The number of aromatic nitrogens is 1. The second-order valence-corrected chi connectivity index (χ2v) is 2.38. The van der Waals surface area contributed by atoms with Gasteiger partial charge in [0.25, 0.3) is 0 Å². The largest absolute Gasteiger partial charge is 0.380 e. The molecule has 0 atom stereocenters. The zero-order valence-corrected chi connectivity index (χ0v) is 6.78. The number of hydrogen-bond acceptors (Lipinski definition) is 3. The van der Waals surface area contributed by atoms with Gasteiger partial charge in [-0.25, -0.2) is 0 Å². The third kappa shape index (κ3) is 2.03. The van der Waals surface area contributed by atoms with Gasteiger partial charge in [0.15, 0.2) is 0 Å². The van der Waals surface area contributed by atoms with Crippen LogP contribution in [0.4, 0.5) is 0 Å². The highest BCUT2D eigenvalue weighted by atomic mass is 16.5. The molecule has 1 heterocycles. The van der Waals surface area contributed by atoms with Crippen molar-refractivity contribution in [2.24, 2.45) is 5.73 Å². The number of primary amides is 1. The summed E-state index contributed by atoms with van der Waals surface area (Å²) in [5, 5.41) is 0. The van der Waals surface area contributed by atoms with Crippen LogP contribution in [-0.2, 0) is 11.3 Å². The highest BCUT2D eigenvalue weighted by Gasteiger charge is 2.00. The van der Waals surface area contributed by atoms with Crippen LogP contribution in [-0.4, -0.2) is 18.0 Å². The fourth-order valence-corrected chi connectivity index (χ4v) is 0.868. The van der Waals surface area contributed by atoms with Crippen LogP contribution in [0.3, 0.4) is 0 Å². The van der Waals surface area contributed by atoms with E-state index in [2.05, 4.69) is 4.98 Å². The smallest absolute Gasteiger partial charge is 0.250 e. The number of nitrogens with zero attached hydrogens (tertiary/aromatic N) is 1.